The normalized spacial score (nSPS) is 29.0. The van der Waals surface area contributed by atoms with Crippen LogP contribution >= 0.6 is 24.0 Å². The fourth-order valence-corrected chi connectivity index (χ4v) is 4.32. The second-order valence-corrected chi connectivity index (χ2v) is 7.91. The van der Waals surface area contributed by atoms with Gasteiger partial charge in [-0.05, 0) is 50.9 Å². The van der Waals surface area contributed by atoms with Gasteiger partial charge in [0.25, 0.3) is 0 Å². The van der Waals surface area contributed by atoms with Crippen molar-refractivity contribution in [1.29, 1.82) is 0 Å². The predicted molar refractivity (Wildman–Crippen MR) is 110 cm³/mol. The summed E-state index contributed by atoms with van der Waals surface area (Å²) < 4.78 is 2.02. The average molecular weight is 458 g/mol. The molecule has 7 heteroatoms. The van der Waals surface area contributed by atoms with Crippen molar-refractivity contribution in [2.75, 3.05) is 0 Å². The van der Waals surface area contributed by atoms with Crippen LogP contribution in [0, 0.1) is 18.8 Å². The van der Waals surface area contributed by atoms with Gasteiger partial charge in [0.15, 0.2) is 11.8 Å². The van der Waals surface area contributed by atoms with Crippen LogP contribution in [-0.2, 0) is 13.6 Å². The Morgan fingerprint density at radius 1 is 1.04 bits per heavy atom. The quantitative estimate of drug-likeness (QED) is 0.414. The highest BCUT2D eigenvalue weighted by atomic mass is 127. The monoisotopic (exact) mass is 458 g/mol. The van der Waals surface area contributed by atoms with E-state index in [1.54, 1.807) is 0 Å². The van der Waals surface area contributed by atoms with E-state index in [0.717, 1.165) is 29.4 Å². The first kappa shape index (κ1) is 18.9. The SMILES string of the molecule is Cc1nnc(CN=C(NC2CC2)NC2CCC3CCCC3C2)n1C.I. The van der Waals surface area contributed by atoms with Gasteiger partial charge in [-0.3, -0.25) is 0 Å². The minimum absolute atomic E-state index is 0. The molecule has 3 aliphatic rings. The van der Waals surface area contributed by atoms with E-state index in [0.29, 0.717) is 18.6 Å². The number of hydrogen-bond acceptors (Lipinski definition) is 3. The summed E-state index contributed by atoms with van der Waals surface area (Å²) in [6, 6.07) is 1.19. The standard InChI is InChI=1S/C18H30N6.HI/c1-12-22-23-17(24(12)2)11-19-18(20-15-8-9-15)21-16-7-6-13-4-3-5-14(13)10-16;/h13-16H,3-11H2,1-2H3,(H2,19,20,21);1H. The van der Waals surface area contributed by atoms with Gasteiger partial charge < -0.3 is 15.2 Å². The minimum Gasteiger partial charge on any atom is -0.354 e. The zero-order valence-corrected chi connectivity index (χ0v) is 17.7. The zero-order valence-electron chi connectivity index (χ0n) is 15.4. The van der Waals surface area contributed by atoms with Crippen molar-refractivity contribution in [2.24, 2.45) is 23.9 Å². The first-order valence-corrected chi connectivity index (χ1v) is 9.61. The van der Waals surface area contributed by atoms with E-state index in [-0.39, 0.29) is 24.0 Å². The van der Waals surface area contributed by atoms with Crippen molar-refractivity contribution in [3.8, 4) is 0 Å². The molecule has 6 nitrogen and oxygen atoms in total. The molecule has 3 atom stereocenters. The first-order valence-electron chi connectivity index (χ1n) is 9.61. The smallest absolute Gasteiger partial charge is 0.192 e. The third-order valence-corrected chi connectivity index (χ3v) is 6.11. The van der Waals surface area contributed by atoms with Crippen LogP contribution in [0.2, 0.25) is 0 Å². The molecule has 0 saturated heterocycles. The molecule has 1 aromatic rings. The van der Waals surface area contributed by atoms with E-state index >= 15 is 0 Å². The summed E-state index contributed by atoms with van der Waals surface area (Å²) in [7, 11) is 2.00. The number of aliphatic imine (C=N–C) groups is 1. The molecule has 3 unspecified atom stereocenters. The lowest BCUT2D eigenvalue weighted by molar-refractivity contribution is 0.239. The number of hydrogen-bond donors (Lipinski definition) is 2. The Labute approximate surface area is 167 Å². The van der Waals surface area contributed by atoms with Crippen LogP contribution in [-0.4, -0.2) is 32.8 Å². The molecule has 1 heterocycles. The zero-order chi connectivity index (χ0) is 16.5. The van der Waals surface area contributed by atoms with Crippen LogP contribution in [0.25, 0.3) is 0 Å². The Morgan fingerprint density at radius 3 is 2.48 bits per heavy atom. The van der Waals surface area contributed by atoms with Crippen molar-refractivity contribution in [3.63, 3.8) is 0 Å². The Morgan fingerprint density at radius 2 is 1.76 bits per heavy atom. The van der Waals surface area contributed by atoms with Crippen molar-refractivity contribution in [3.05, 3.63) is 11.6 Å². The first-order chi connectivity index (χ1) is 11.7. The van der Waals surface area contributed by atoms with Crippen LogP contribution in [0.1, 0.15) is 63.0 Å². The summed E-state index contributed by atoms with van der Waals surface area (Å²) in [6.07, 6.45) is 10.9. The molecule has 25 heavy (non-hydrogen) atoms. The lowest BCUT2D eigenvalue weighted by Gasteiger charge is -2.33. The summed E-state index contributed by atoms with van der Waals surface area (Å²) in [4.78, 5) is 4.80. The predicted octanol–water partition coefficient (Wildman–Crippen LogP) is 2.91. The van der Waals surface area contributed by atoms with E-state index in [2.05, 4.69) is 20.8 Å². The molecule has 3 fully saturated rings. The number of nitrogens with one attached hydrogen (secondary N) is 2. The number of rotatable bonds is 4. The molecule has 3 saturated carbocycles. The third kappa shape index (κ3) is 4.65. The topological polar surface area (TPSA) is 67.1 Å². The van der Waals surface area contributed by atoms with Crippen LogP contribution in [0.5, 0.6) is 0 Å². The van der Waals surface area contributed by atoms with Crippen LogP contribution in [0.15, 0.2) is 4.99 Å². The molecule has 1 aromatic heterocycles. The Hall–Kier alpha value is -0.860. The molecule has 2 N–H and O–H groups in total. The number of guanidine groups is 1. The van der Waals surface area contributed by atoms with Crippen LogP contribution < -0.4 is 10.6 Å². The lowest BCUT2D eigenvalue weighted by atomic mass is 9.79. The average Bonchev–Trinajstić information content (AvgIpc) is 3.17. The Bertz CT molecular complexity index is 609. The third-order valence-electron chi connectivity index (χ3n) is 6.11. The molecule has 140 valence electrons. The van der Waals surface area contributed by atoms with E-state index in [1.165, 1.54) is 51.4 Å². The lowest BCUT2D eigenvalue weighted by Crippen LogP contribution is -2.46. The van der Waals surface area contributed by atoms with Crippen molar-refractivity contribution < 1.29 is 0 Å². The molecule has 3 aliphatic carbocycles. The van der Waals surface area contributed by atoms with Gasteiger partial charge in [-0.15, -0.1) is 34.2 Å². The van der Waals surface area contributed by atoms with Gasteiger partial charge in [-0.2, -0.15) is 0 Å². The molecule has 0 bridgehead atoms. The van der Waals surface area contributed by atoms with Gasteiger partial charge in [0.2, 0.25) is 0 Å². The Kier molecular flexibility index (Phi) is 6.22. The summed E-state index contributed by atoms with van der Waals surface area (Å²) in [5.41, 5.74) is 0. The molecular formula is C18H31IN6. The van der Waals surface area contributed by atoms with Gasteiger partial charge in [0.1, 0.15) is 12.4 Å². The second kappa shape index (κ2) is 8.22. The molecule has 0 aromatic carbocycles. The van der Waals surface area contributed by atoms with Gasteiger partial charge >= 0.3 is 0 Å². The summed E-state index contributed by atoms with van der Waals surface area (Å²) in [5.74, 6) is 4.77. The summed E-state index contributed by atoms with van der Waals surface area (Å²) in [6.45, 7) is 2.56. The number of nitrogens with zero attached hydrogens (tertiary/aromatic N) is 4. The van der Waals surface area contributed by atoms with E-state index in [1.807, 2.05) is 18.5 Å². The highest BCUT2D eigenvalue weighted by Crippen LogP contribution is 2.42. The van der Waals surface area contributed by atoms with Gasteiger partial charge in [-0.25, -0.2) is 4.99 Å². The van der Waals surface area contributed by atoms with E-state index < -0.39 is 0 Å². The molecule has 0 amide bonds. The molecule has 0 spiro atoms. The summed E-state index contributed by atoms with van der Waals surface area (Å²) >= 11 is 0. The van der Waals surface area contributed by atoms with Crippen molar-refractivity contribution in [2.45, 2.75) is 76.9 Å². The van der Waals surface area contributed by atoms with Gasteiger partial charge in [-0.1, -0.05) is 19.3 Å². The fourth-order valence-electron chi connectivity index (χ4n) is 4.32. The van der Waals surface area contributed by atoms with Crippen LogP contribution in [0.3, 0.4) is 0 Å². The largest absolute Gasteiger partial charge is 0.354 e. The molecule has 0 radical (unpaired) electrons. The number of fused-ring (bicyclic) bond motifs is 1. The maximum atomic E-state index is 4.80. The van der Waals surface area contributed by atoms with Gasteiger partial charge in [0.05, 0.1) is 0 Å². The van der Waals surface area contributed by atoms with Crippen molar-refractivity contribution in [1.82, 2.24) is 25.4 Å². The Balaban J connectivity index is 0.00000182. The highest BCUT2D eigenvalue weighted by Gasteiger charge is 2.34. The fraction of sp³-hybridized carbons (Fsp3) is 0.833. The van der Waals surface area contributed by atoms with Crippen LogP contribution in [0.4, 0.5) is 0 Å². The minimum atomic E-state index is 0. The number of aromatic nitrogens is 3. The second-order valence-electron chi connectivity index (χ2n) is 7.91. The number of aryl methyl sites for hydroxylation is 1. The molecule has 4 rings (SSSR count). The maximum Gasteiger partial charge on any atom is 0.192 e. The van der Waals surface area contributed by atoms with Gasteiger partial charge in [0, 0.05) is 19.1 Å². The van der Waals surface area contributed by atoms with E-state index in [4.69, 9.17) is 4.99 Å². The van der Waals surface area contributed by atoms with Crippen molar-refractivity contribution >= 4 is 29.9 Å². The summed E-state index contributed by atoms with van der Waals surface area (Å²) in [5, 5.41) is 15.6. The molecular weight excluding hydrogens is 427 g/mol. The number of halogens is 1. The highest BCUT2D eigenvalue weighted by molar-refractivity contribution is 14.0. The molecule has 0 aliphatic heterocycles. The maximum absolute atomic E-state index is 4.80. The van der Waals surface area contributed by atoms with E-state index in [9.17, 15) is 0 Å².